The largest absolute Gasteiger partial charge is 0.493 e. The Bertz CT molecular complexity index is 644. The Kier molecular flexibility index (Phi) is 6.28. The van der Waals surface area contributed by atoms with Crippen molar-refractivity contribution in [3.05, 3.63) is 34.8 Å². The number of nitrogens with one attached hydrogen (secondary N) is 1. The number of hydrogen-bond acceptors (Lipinski definition) is 7. The summed E-state index contributed by atoms with van der Waals surface area (Å²) in [7, 11) is 0. The Morgan fingerprint density at radius 3 is 2.82 bits per heavy atom. The lowest BCUT2D eigenvalue weighted by Gasteiger charge is -2.03. The number of carbonyl (C=O) groups excluding carboxylic acids is 1. The number of rotatable bonds is 7. The number of benzene rings is 1. The number of aromatic nitrogens is 2. The summed E-state index contributed by atoms with van der Waals surface area (Å²) < 4.78 is 5.44. The molecule has 2 aromatic rings. The monoisotopic (exact) mass is 383 g/mol. The number of halogens is 1. The van der Waals surface area contributed by atoms with Crippen LogP contribution in [0.5, 0.6) is 5.75 Å². The molecule has 3 N–H and O–H groups in total. The van der Waals surface area contributed by atoms with Crippen LogP contribution < -0.4 is 15.9 Å². The molecule has 1 amide bonds. The van der Waals surface area contributed by atoms with Gasteiger partial charge in [-0.2, -0.15) is 5.10 Å². The number of nitrogens with two attached hydrogens (primary N) is 1. The van der Waals surface area contributed by atoms with E-state index in [0.717, 1.165) is 16.6 Å². The van der Waals surface area contributed by atoms with Crippen LogP contribution >= 0.6 is 27.3 Å². The zero-order valence-electron chi connectivity index (χ0n) is 11.5. The summed E-state index contributed by atoms with van der Waals surface area (Å²) in [6, 6.07) is 7.39. The third-order valence-electron chi connectivity index (χ3n) is 2.42. The molecule has 0 aliphatic carbocycles. The lowest BCUT2D eigenvalue weighted by molar-refractivity contribution is -0.120. The second-order valence-electron chi connectivity index (χ2n) is 4.11. The molecule has 0 bridgehead atoms. The maximum Gasteiger partial charge on any atom is 0.247 e. The van der Waals surface area contributed by atoms with Gasteiger partial charge in [-0.1, -0.05) is 27.3 Å². The second kappa shape index (κ2) is 8.44. The molecule has 9 heteroatoms. The van der Waals surface area contributed by atoms with Crippen LogP contribution in [0.3, 0.4) is 0 Å². The fourth-order valence-corrected chi connectivity index (χ4v) is 2.27. The fourth-order valence-electron chi connectivity index (χ4n) is 1.50. The third-order valence-corrected chi connectivity index (χ3v) is 3.50. The lowest BCUT2D eigenvalue weighted by Crippen LogP contribution is -2.19. The van der Waals surface area contributed by atoms with E-state index in [-0.39, 0.29) is 12.3 Å². The summed E-state index contributed by atoms with van der Waals surface area (Å²) in [5.74, 6) is 0.513. The molecule has 1 aromatic heterocycles. The molecule has 0 radical (unpaired) electrons. The standard InChI is InChI=1S/C13H14BrN5O2S/c14-5-6-21-10-3-1-9(2-4-10)8-16-17-11(20)7-12-18-19-13(15)22-12/h1-4,8H,5-7H2,(H2,15,19)(H,17,20)/b16-8-. The van der Waals surface area contributed by atoms with E-state index < -0.39 is 0 Å². The van der Waals surface area contributed by atoms with Crippen molar-refractivity contribution >= 4 is 44.5 Å². The van der Waals surface area contributed by atoms with Crippen molar-refractivity contribution in [2.24, 2.45) is 5.10 Å². The summed E-state index contributed by atoms with van der Waals surface area (Å²) in [6.07, 6.45) is 1.66. The highest BCUT2D eigenvalue weighted by Gasteiger charge is 2.06. The van der Waals surface area contributed by atoms with Crippen molar-refractivity contribution in [3.63, 3.8) is 0 Å². The quantitative estimate of drug-likeness (QED) is 0.429. The van der Waals surface area contributed by atoms with E-state index >= 15 is 0 Å². The van der Waals surface area contributed by atoms with E-state index in [0.29, 0.717) is 16.7 Å². The van der Waals surface area contributed by atoms with Crippen molar-refractivity contribution in [2.75, 3.05) is 17.7 Å². The molecule has 7 nitrogen and oxygen atoms in total. The van der Waals surface area contributed by atoms with Gasteiger partial charge in [0.25, 0.3) is 0 Å². The SMILES string of the molecule is Nc1nnc(CC(=O)N/N=C\c2ccc(OCCBr)cc2)s1. The van der Waals surface area contributed by atoms with Crippen LogP contribution in [0.25, 0.3) is 0 Å². The molecular formula is C13H14BrN5O2S. The van der Waals surface area contributed by atoms with Crippen LogP contribution in [0.4, 0.5) is 5.13 Å². The molecule has 1 aromatic carbocycles. The van der Waals surface area contributed by atoms with Crippen LogP contribution in [0, 0.1) is 0 Å². The minimum atomic E-state index is -0.273. The Labute approximate surface area is 139 Å². The Morgan fingerprint density at radius 2 is 2.18 bits per heavy atom. The van der Waals surface area contributed by atoms with Gasteiger partial charge in [0.1, 0.15) is 10.8 Å². The lowest BCUT2D eigenvalue weighted by atomic mass is 10.2. The molecule has 0 atom stereocenters. The Hall–Kier alpha value is -2.00. The molecule has 0 saturated carbocycles. The average molecular weight is 384 g/mol. The van der Waals surface area contributed by atoms with Gasteiger partial charge >= 0.3 is 0 Å². The van der Waals surface area contributed by atoms with E-state index in [1.807, 2.05) is 24.3 Å². The molecule has 0 fully saturated rings. The van der Waals surface area contributed by atoms with Crippen molar-refractivity contribution < 1.29 is 9.53 Å². The number of carbonyl (C=O) groups is 1. The molecule has 0 aliphatic heterocycles. The number of nitrogens with zero attached hydrogens (tertiary/aromatic N) is 3. The van der Waals surface area contributed by atoms with Gasteiger partial charge in [0.05, 0.1) is 19.2 Å². The summed E-state index contributed by atoms with van der Waals surface area (Å²) in [4.78, 5) is 11.6. The first kappa shape index (κ1) is 16.4. The van der Waals surface area contributed by atoms with Crippen molar-refractivity contribution in [2.45, 2.75) is 6.42 Å². The van der Waals surface area contributed by atoms with Crippen LogP contribution in [0.1, 0.15) is 10.6 Å². The summed E-state index contributed by atoms with van der Waals surface area (Å²) in [6.45, 7) is 0.611. The normalized spacial score (nSPS) is 10.8. The smallest absolute Gasteiger partial charge is 0.247 e. The first-order valence-corrected chi connectivity index (χ1v) is 8.30. The van der Waals surface area contributed by atoms with Crippen LogP contribution in [0.2, 0.25) is 0 Å². The topological polar surface area (TPSA) is 102 Å². The van der Waals surface area contributed by atoms with Gasteiger partial charge in [-0.3, -0.25) is 4.79 Å². The van der Waals surface area contributed by atoms with E-state index in [9.17, 15) is 4.79 Å². The highest BCUT2D eigenvalue weighted by Crippen LogP contribution is 2.12. The molecule has 0 aliphatic rings. The molecule has 0 spiro atoms. The molecule has 0 unspecified atom stereocenters. The third kappa shape index (κ3) is 5.41. The predicted octanol–water partition coefficient (Wildman–Crippen LogP) is 1.59. The van der Waals surface area contributed by atoms with Crippen molar-refractivity contribution in [1.29, 1.82) is 0 Å². The van der Waals surface area contributed by atoms with Crippen LogP contribution in [-0.2, 0) is 11.2 Å². The summed E-state index contributed by atoms with van der Waals surface area (Å²) in [5, 5.41) is 13.0. The number of alkyl halides is 1. The molecule has 116 valence electrons. The van der Waals surface area contributed by atoms with Gasteiger partial charge in [-0.05, 0) is 29.8 Å². The highest BCUT2D eigenvalue weighted by molar-refractivity contribution is 9.09. The number of hydrogen-bond donors (Lipinski definition) is 2. The number of hydrazone groups is 1. The maximum atomic E-state index is 11.6. The van der Waals surface area contributed by atoms with E-state index in [1.54, 1.807) is 6.21 Å². The zero-order valence-corrected chi connectivity index (χ0v) is 13.9. The van der Waals surface area contributed by atoms with Crippen LogP contribution in [0.15, 0.2) is 29.4 Å². The van der Waals surface area contributed by atoms with Crippen molar-refractivity contribution in [1.82, 2.24) is 15.6 Å². The second-order valence-corrected chi connectivity index (χ2v) is 6.00. The minimum Gasteiger partial charge on any atom is -0.493 e. The zero-order chi connectivity index (χ0) is 15.8. The number of ether oxygens (including phenoxy) is 1. The van der Waals surface area contributed by atoms with Gasteiger partial charge < -0.3 is 10.5 Å². The van der Waals surface area contributed by atoms with Gasteiger partial charge in [0.2, 0.25) is 11.0 Å². The molecule has 2 rings (SSSR count). The van der Waals surface area contributed by atoms with Gasteiger partial charge in [0.15, 0.2) is 0 Å². The number of anilines is 1. The van der Waals surface area contributed by atoms with Gasteiger partial charge in [0, 0.05) is 5.33 Å². The summed E-state index contributed by atoms with van der Waals surface area (Å²) >= 11 is 4.47. The van der Waals surface area contributed by atoms with E-state index in [1.165, 1.54) is 11.3 Å². The summed E-state index contributed by atoms with van der Waals surface area (Å²) in [5.41, 5.74) is 8.73. The van der Waals surface area contributed by atoms with Crippen molar-refractivity contribution in [3.8, 4) is 5.75 Å². The molecule has 0 saturated heterocycles. The maximum absolute atomic E-state index is 11.6. The number of nitrogen functional groups attached to an aromatic ring is 1. The number of amides is 1. The van der Waals surface area contributed by atoms with E-state index in [4.69, 9.17) is 10.5 Å². The van der Waals surface area contributed by atoms with Crippen LogP contribution in [-0.4, -0.2) is 34.3 Å². The average Bonchev–Trinajstić information content (AvgIpc) is 2.91. The fraction of sp³-hybridized carbons (Fsp3) is 0.231. The minimum absolute atomic E-state index is 0.103. The molecular weight excluding hydrogens is 370 g/mol. The van der Waals surface area contributed by atoms with Gasteiger partial charge in [-0.25, -0.2) is 5.43 Å². The molecule has 22 heavy (non-hydrogen) atoms. The Balaban J connectivity index is 1.80. The first-order valence-electron chi connectivity index (χ1n) is 6.36. The Morgan fingerprint density at radius 1 is 1.41 bits per heavy atom. The predicted molar refractivity (Wildman–Crippen MR) is 89.5 cm³/mol. The highest BCUT2D eigenvalue weighted by atomic mass is 79.9. The first-order chi connectivity index (χ1) is 10.7. The molecule has 1 heterocycles. The van der Waals surface area contributed by atoms with Gasteiger partial charge in [-0.15, -0.1) is 10.2 Å². The van der Waals surface area contributed by atoms with E-state index in [2.05, 4.69) is 36.7 Å².